The van der Waals surface area contributed by atoms with Gasteiger partial charge in [-0.1, -0.05) is 23.7 Å². The lowest BCUT2D eigenvalue weighted by Gasteiger charge is -2.21. The van der Waals surface area contributed by atoms with Crippen LogP contribution in [-0.2, 0) is 6.61 Å². The van der Waals surface area contributed by atoms with Crippen LogP contribution < -0.4 is 19.7 Å². The summed E-state index contributed by atoms with van der Waals surface area (Å²) in [6.45, 7) is 7.34. The number of carbonyl (C=O) groups is 1. The first-order valence-electron chi connectivity index (χ1n) is 11.6. The molecule has 7 heteroatoms. The molecule has 1 aromatic heterocycles. The molecule has 2 aromatic carbocycles. The van der Waals surface area contributed by atoms with Gasteiger partial charge in [-0.25, -0.2) is 0 Å². The molecule has 1 aliphatic heterocycles. The fourth-order valence-electron chi connectivity index (χ4n) is 4.16. The number of hydrogen-bond donors (Lipinski definition) is 1. The van der Waals surface area contributed by atoms with Gasteiger partial charge in [-0.3, -0.25) is 9.78 Å². The monoisotopic (exact) mass is 479 g/mol. The maximum atomic E-state index is 12.9. The van der Waals surface area contributed by atoms with Crippen LogP contribution in [0.2, 0.25) is 5.02 Å². The van der Waals surface area contributed by atoms with Crippen LogP contribution in [0.4, 0.5) is 5.69 Å². The fraction of sp³-hybridized carbons (Fsp3) is 0.333. The van der Waals surface area contributed by atoms with Gasteiger partial charge in [0.15, 0.2) is 11.5 Å². The molecule has 0 aliphatic carbocycles. The molecular weight excluding hydrogens is 450 g/mol. The first kappa shape index (κ1) is 23.9. The number of aryl methyl sites for hydroxylation is 1. The minimum atomic E-state index is -0.114. The number of carbonyl (C=O) groups excluding carboxylic acids is 1. The highest BCUT2D eigenvalue weighted by atomic mass is 35.5. The van der Waals surface area contributed by atoms with E-state index in [1.165, 1.54) is 11.3 Å². The van der Waals surface area contributed by atoms with Crippen molar-refractivity contribution in [3.63, 3.8) is 0 Å². The van der Waals surface area contributed by atoms with E-state index >= 15 is 0 Å². The molecule has 0 spiro atoms. The second kappa shape index (κ2) is 11.3. The van der Waals surface area contributed by atoms with Crippen molar-refractivity contribution in [2.75, 3.05) is 31.1 Å². The lowest BCUT2D eigenvalue weighted by Crippen LogP contribution is -2.31. The quantitative estimate of drug-likeness (QED) is 0.452. The Morgan fingerprint density at radius 1 is 1.18 bits per heavy atom. The first-order valence-corrected chi connectivity index (χ1v) is 12.0. The second-order valence-electron chi connectivity index (χ2n) is 8.49. The minimum absolute atomic E-state index is 0.114. The number of rotatable bonds is 9. The molecule has 0 radical (unpaired) electrons. The molecule has 1 N–H and O–H groups in total. The number of nitrogens with zero attached hydrogens (tertiary/aromatic N) is 2. The maximum Gasteiger partial charge on any atom is 0.251 e. The number of hydrogen-bond acceptors (Lipinski definition) is 5. The lowest BCUT2D eigenvalue weighted by molar-refractivity contribution is 0.0947. The molecule has 178 valence electrons. The van der Waals surface area contributed by atoms with E-state index in [1.54, 1.807) is 30.6 Å². The summed E-state index contributed by atoms with van der Waals surface area (Å²) in [7, 11) is 0. The highest BCUT2D eigenvalue weighted by Gasteiger charge is 2.24. The summed E-state index contributed by atoms with van der Waals surface area (Å²) < 4.78 is 11.7. The zero-order chi connectivity index (χ0) is 23.9. The summed E-state index contributed by atoms with van der Waals surface area (Å²) in [5.74, 6) is 1.43. The molecular formula is C27H30ClN3O3. The van der Waals surface area contributed by atoms with Crippen molar-refractivity contribution in [3.05, 3.63) is 82.6 Å². The number of pyridine rings is 1. The Kier molecular flexibility index (Phi) is 7.91. The molecule has 0 saturated carbocycles. The van der Waals surface area contributed by atoms with Crippen molar-refractivity contribution >= 4 is 23.2 Å². The Morgan fingerprint density at radius 2 is 2.06 bits per heavy atom. The van der Waals surface area contributed by atoms with Gasteiger partial charge in [0.1, 0.15) is 6.61 Å². The summed E-state index contributed by atoms with van der Waals surface area (Å²) in [6.07, 6.45) is 4.52. The van der Waals surface area contributed by atoms with Crippen LogP contribution in [0, 0.1) is 12.8 Å². The highest BCUT2D eigenvalue weighted by Crippen LogP contribution is 2.30. The van der Waals surface area contributed by atoms with Gasteiger partial charge >= 0.3 is 0 Å². The third-order valence-electron chi connectivity index (χ3n) is 5.97. The number of aromatic nitrogens is 1. The highest BCUT2D eigenvalue weighted by molar-refractivity contribution is 6.30. The molecule has 1 saturated heterocycles. The molecule has 1 aliphatic rings. The largest absolute Gasteiger partial charge is 0.490 e. The molecule has 6 nitrogen and oxygen atoms in total. The van der Waals surface area contributed by atoms with E-state index < -0.39 is 0 Å². The van der Waals surface area contributed by atoms with Gasteiger partial charge in [0, 0.05) is 53.9 Å². The first-order chi connectivity index (χ1) is 16.5. The average molecular weight is 480 g/mol. The molecule has 1 fully saturated rings. The Morgan fingerprint density at radius 3 is 2.85 bits per heavy atom. The summed E-state index contributed by atoms with van der Waals surface area (Å²) in [5.41, 5.74) is 3.90. The van der Waals surface area contributed by atoms with Gasteiger partial charge in [0.2, 0.25) is 0 Å². The van der Waals surface area contributed by atoms with Gasteiger partial charge in [-0.05, 0) is 68.1 Å². The molecule has 0 unspecified atom stereocenters. The molecule has 3 aromatic rings. The Labute approximate surface area is 205 Å². The number of ether oxygens (including phenoxy) is 2. The van der Waals surface area contributed by atoms with Gasteiger partial charge in [0.25, 0.3) is 5.91 Å². The van der Waals surface area contributed by atoms with Gasteiger partial charge in [0.05, 0.1) is 6.61 Å². The Hall–Kier alpha value is -3.25. The Balaban J connectivity index is 1.34. The van der Waals surface area contributed by atoms with E-state index in [9.17, 15) is 4.79 Å². The van der Waals surface area contributed by atoms with Crippen LogP contribution in [-0.4, -0.2) is 37.1 Å². The van der Waals surface area contributed by atoms with Crippen LogP contribution in [0.5, 0.6) is 11.5 Å². The number of halogens is 1. The van der Waals surface area contributed by atoms with Crippen LogP contribution in [0.1, 0.15) is 34.8 Å². The zero-order valence-corrected chi connectivity index (χ0v) is 20.3. The van der Waals surface area contributed by atoms with Crippen LogP contribution >= 0.6 is 11.6 Å². The predicted octanol–water partition coefficient (Wildman–Crippen LogP) is 5.28. The van der Waals surface area contributed by atoms with Crippen molar-refractivity contribution < 1.29 is 14.3 Å². The summed E-state index contributed by atoms with van der Waals surface area (Å²) in [4.78, 5) is 19.3. The van der Waals surface area contributed by atoms with E-state index in [1.807, 2.05) is 37.3 Å². The molecule has 2 heterocycles. The molecule has 0 bridgehead atoms. The second-order valence-corrected chi connectivity index (χ2v) is 8.92. The van der Waals surface area contributed by atoms with Crippen molar-refractivity contribution in [1.82, 2.24) is 10.3 Å². The number of benzene rings is 2. The van der Waals surface area contributed by atoms with Crippen molar-refractivity contribution in [2.24, 2.45) is 5.92 Å². The number of nitrogens with one attached hydrogen (secondary N) is 1. The summed E-state index contributed by atoms with van der Waals surface area (Å²) in [6, 6.07) is 15.1. The molecule has 1 atom stereocenters. The smallest absolute Gasteiger partial charge is 0.251 e. The zero-order valence-electron chi connectivity index (χ0n) is 19.6. The van der Waals surface area contributed by atoms with E-state index in [0.29, 0.717) is 42.7 Å². The summed E-state index contributed by atoms with van der Waals surface area (Å²) >= 11 is 6.19. The number of amides is 1. The van der Waals surface area contributed by atoms with E-state index in [4.69, 9.17) is 21.1 Å². The molecule has 4 rings (SSSR count). The van der Waals surface area contributed by atoms with Gasteiger partial charge in [-0.15, -0.1) is 0 Å². The minimum Gasteiger partial charge on any atom is -0.490 e. The van der Waals surface area contributed by atoms with Crippen LogP contribution in [0.15, 0.2) is 60.9 Å². The van der Waals surface area contributed by atoms with Crippen LogP contribution in [0.3, 0.4) is 0 Å². The molecule has 1 amide bonds. The third kappa shape index (κ3) is 6.00. The normalized spacial score (nSPS) is 15.3. The van der Waals surface area contributed by atoms with Gasteiger partial charge < -0.3 is 19.7 Å². The van der Waals surface area contributed by atoms with Gasteiger partial charge in [-0.2, -0.15) is 0 Å². The predicted molar refractivity (Wildman–Crippen MR) is 135 cm³/mol. The van der Waals surface area contributed by atoms with E-state index in [-0.39, 0.29) is 5.91 Å². The summed E-state index contributed by atoms with van der Waals surface area (Å²) in [5, 5.41) is 3.83. The standard InChI is InChI=1S/C27H30ClN3O3/c1-3-33-26-13-22(7-9-25(26)34-18-21-5-4-11-29-15-21)27(32)30-16-20-10-12-31(17-20)24-14-23(28)8-6-19(24)2/h4-9,11,13-15,20H,3,10,12,16-18H2,1-2H3,(H,30,32)/t20-/m1/s1. The average Bonchev–Trinajstić information content (AvgIpc) is 3.33. The van der Waals surface area contributed by atoms with Crippen molar-refractivity contribution in [3.8, 4) is 11.5 Å². The van der Waals surface area contributed by atoms with Crippen LogP contribution in [0.25, 0.3) is 0 Å². The van der Waals surface area contributed by atoms with Crippen molar-refractivity contribution in [2.45, 2.75) is 26.9 Å². The molecule has 34 heavy (non-hydrogen) atoms. The van der Waals surface area contributed by atoms with Crippen molar-refractivity contribution in [1.29, 1.82) is 0 Å². The maximum absolute atomic E-state index is 12.9. The topological polar surface area (TPSA) is 63.7 Å². The Bertz CT molecular complexity index is 1120. The SMILES string of the molecule is CCOc1cc(C(=O)NC[C@H]2CCN(c3cc(Cl)ccc3C)C2)ccc1OCc1cccnc1. The lowest BCUT2D eigenvalue weighted by atomic mass is 10.1. The number of anilines is 1. The fourth-order valence-corrected chi connectivity index (χ4v) is 4.33. The third-order valence-corrected chi connectivity index (χ3v) is 6.21. The van der Waals surface area contributed by atoms with E-state index in [2.05, 4.69) is 22.1 Å². The van der Waals surface area contributed by atoms with E-state index in [0.717, 1.165) is 30.1 Å².